The summed E-state index contributed by atoms with van der Waals surface area (Å²) in [5.74, 6) is -1.16. The molecule has 0 aromatic heterocycles. The van der Waals surface area contributed by atoms with Crippen LogP contribution in [0.15, 0.2) is 18.2 Å². The molecule has 0 saturated carbocycles. The molecule has 136 valence electrons. The minimum Gasteiger partial charge on any atom is -0.443 e. The number of alkyl carbamates (subject to hydrolysis) is 1. The Labute approximate surface area is 144 Å². The SMILES string of the molecule is CC1CN(c2ccc(C(C)(C(N)=O)C3CNC(=O)O3)cc2F)CC1O. The molecule has 4 N–H and O–H groups in total. The standard InChI is InChI=1S/C17H22FN3O4/c1-9-7-21(8-13(9)22)12-4-3-10(5-11(12)18)17(2,15(19)23)14-6-20-16(24)25-14/h3-5,9,13-14,22H,6-8H2,1-2H3,(H2,19,23)(H,20,24). The highest BCUT2D eigenvalue weighted by Crippen LogP contribution is 2.35. The van der Waals surface area contributed by atoms with Crippen molar-refractivity contribution in [3.8, 4) is 0 Å². The van der Waals surface area contributed by atoms with E-state index < -0.39 is 35.4 Å². The van der Waals surface area contributed by atoms with Crippen molar-refractivity contribution in [2.45, 2.75) is 31.5 Å². The van der Waals surface area contributed by atoms with Gasteiger partial charge in [-0.2, -0.15) is 0 Å². The van der Waals surface area contributed by atoms with E-state index >= 15 is 0 Å². The number of hydrogen-bond acceptors (Lipinski definition) is 5. The molecule has 2 amide bonds. The van der Waals surface area contributed by atoms with E-state index in [1.54, 1.807) is 17.0 Å². The highest BCUT2D eigenvalue weighted by molar-refractivity contribution is 5.88. The minimum atomic E-state index is -1.35. The molecule has 4 unspecified atom stereocenters. The number of nitrogens with one attached hydrogen (secondary N) is 1. The Morgan fingerprint density at radius 2 is 2.20 bits per heavy atom. The molecular weight excluding hydrogens is 329 g/mol. The van der Waals surface area contributed by atoms with Crippen LogP contribution in [0.3, 0.4) is 0 Å². The Morgan fingerprint density at radius 3 is 2.68 bits per heavy atom. The molecule has 3 rings (SSSR count). The molecule has 2 aliphatic rings. The molecule has 8 heteroatoms. The fourth-order valence-corrected chi connectivity index (χ4v) is 3.43. The monoisotopic (exact) mass is 351 g/mol. The number of rotatable bonds is 4. The molecule has 0 spiro atoms. The van der Waals surface area contributed by atoms with Crippen LogP contribution in [0, 0.1) is 11.7 Å². The summed E-state index contributed by atoms with van der Waals surface area (Å²) in [7, 11) is 0. The van der Waals surface area contributed by atoms with Crippen molar-refractivity contribution in [2.24, 2.45) is 11.7 Å². The summed E-state index contributed by atoms with van der Waals surface area (Å²) in [4.78, 5) is 25.2. The first-order chi connectivity index (χ1) is 11.7. The molecule has 7 nitrogen and oxygen atoms in total. The number of cyclic esters (lactones) is 1. The lowest BCUT2D eigenvalue weighted by molar-refractivity contribution is -0.126. The second-order valence-electron chi connectivity index (χ2n) is 6.96. The van der Waals surface area contributed by atoms with Gasteiger partial charge in [0.2, 0.25) is 5.91 Å². The molecule has 0 radical (unpaired) electrons. The van der Waals surface area contributed by atoms with Crippen LogP contribution in [0.1, 0.15) is 19.4 Å². The highest BCUT2D eigenvalue weighted by atomic mass is 19.1. The van der Waals surface area contributed by atoms with Crippen molar-refractivity contribution < 1.29 is 23.8 Å². The highest BCUT2D eigenvalue weighted by Gasteiger charge is 2.47. The number of β-amino-alcohol motifs (C(OH)–C–C–N with tert-alkyl or cyclic N) is 1. The van der Waals surface area contributed by atoms with E-state index in [0.717, 1.165) is 0 Å². The summed E-state index contributed by atoms with van der Waals surface area (Å²) >= 11 is 0. The minimum absolute atomic E-state index is 0.0546. The van der Waals surface area contributed by atoms with Crippen molar-refractivity contribution in [2.75, 3.05) is 24.5 Å². The second kappa shape index (κ2) is 6.18. The number of nitrogens with zero attached hydrogens (tertiary/aromatic N) is 1. The lowest BCUT2D eigenvalue weighted by Gasteiger charge is -2.31. The van der Waals surface area contributed by atoms with Crippen LogP contribution in [-0.4, -0.2) is 48.9 Å². The fourth-order valence-electron chi connectivity index (χ4n) is 3.43. The maximum Gasteiger partial charge on any atom is 0.407 e. The number of nitrogens with two attached hydrogens (primary N) is 1. The van der Waals surface area contributed by atoms with Gasteiger partial charge in [-0.3, -0.25) is 4.79 Å². The van der Waals surface area contributed by atoms with Crippen molar-refractivity contribution in [3.63, 3.8) is 0 Å². The van der Waals surface area contributed by atoms with Gasteiger partial charge in [-0.15, -0.1) is 0 Å². The van der Waals surface area contributed by atoms with Gasteiger partial charge in [0, 0.05) is 19.0 Å². The molecule has 0 bridgehead atoms. The topological polar surface area (TPSA) is 105 Å². The molecule has 4 atom stereocenters. The molecule has 2 heterocycles. The molecule has 1 aromatic rings. The number of halogens is 1. The molecule has 0 aliphatic carbocycles. The van der Waals surface area contributed by atoms with Gasteiger partial charge in [-0.1, -0.05) is 13.0 Å². The second-order valence-corrected chi connectivity index (χ2v) is 6.96. The summed E-state index contributed by atoms with van der Waals surface area (Å²) in [5.41, 5.74) is 4.90. The smallest absolute Gasteiger partial charge is 0.407 e. The van der Waals surface area contributed by atoms with Gasteiger partial charge in [0.15, 0.2) is 0 Å². The number of ether oxygens (including phenoxy) is 1. The number of amides is 2. The molecule has 2 fully saturated rings. The predicted octanol–water partition coefficient (Wildman–Crippen LogP) is 0.494. The van der Waals surface area contributed by atoms with Gasteiger partial charge in [0.05, 0.1) is 18.3 Å². The predicted molar refractivity (Wildman–Crippen MR) is 88.6 cm³/mol. The zero-order chi connectivity index (χ0) is 18.4. The van der Waals surface area contributed by atoms with Crippen LogP contribution in [0.4, 0.5) is 14.9 Å². The average Bonchev–Trinajstić information content (AvgIpc) is 3.12. The van der Waals surface area contributed by atoms with Crippen molar-refractivity contribution in [1.29, 1.82) is 0 Å². The van der Waals surface area contributed by atoms with Crippen molar-refractivity contribution in [1.82, 2.24) is 5.32 Å². The summed E-state index contributed by atoms with van der Waals surface area (Å²) in [6.45, 7) is 4.47. The Bertz CT molecular complexity index is 703. The zero-order valence-corrected chi connectivity index (χ0v) is 14.2. The largest absolute Gasteiger partial charge is 0.443 e. The first-order valence-electron chi connectivity index (χ1n) is 8.21. The third-order valence-electron chi connectivity index (χ3n) is 5.30. The molecule has 2 aliphatic heterocycles. The lowest BCUT2D eigenvalue weighted by atomic mass is 9.76. The van der Waals surface area contributed by atoms with E-state index in [-0.39, 0.29) is 12.5 Å². The molecule has 25 heavy (non-hydrogen) atoms. The third-order valence-corrected chi connectivity index (χ3v) is 5.30. The molecular formula is C17H22FN3O4. The summed E-state index contributed by atoms with van der Waals surface area (Å²) in [6, 6.07) is 4.44. The van der Waals surface area contributed by atoms with Crippen LogP contribution in [0.5, 0.6) is 0 Å². The number of benzene rings is 1. The third kappa shape index (κ3) is 2.90. The summed E-state index contributed by atoms with van der Waals surface area (Å²) in [6.07, 6.45) is -1.94. The van der Waals surface area contributed by atoms with Gasteiger partial charge in [-0.25, -0.2) is 9.18 Å². The Hall–Kier alpha value is -2.35. The van der Waals surface area contributed by atoms with E-state index in [9.17, 15) is 19.1 Å². The summed E-state index contributed by atoms with van der Waals surface area (Å²) < 4.78 is 19.8. The van der Waals surface area contributed by atoms with Crippen LogP contribution >= 0.6 is 0 Å². The zero-order valence-electron chi connectivity index (χ0n) is 14.2. The number of primary amides is 1. The average molecular weight is 351 g/mol. The Kier molecular flexibility index (Phi) is 4.32. The van der Waals surface area contributed by atoms with E-state index in [2.05, 4.69) is 5.32 Å². The van der Waals surface area contributed by atoms with Gasteiger partial charge in [0.25, 0.3) is 0 Å². The first kappa shape index (κ1) is 17.5. The van der Waals surface area contributed by atoms with Crippen LogP contribution in [-0.2, 0) is 14.9 Å². The fraction of sp³-hybridized carbons (Fsp3) is 0.529. The van der Waals surface area contributed by atoms with Crippen molar-refractivity contribution >= 4 is 17.7 Å². The van der Waals surface area contributed by atoms with Gasteiger partial charge in [-0.05, 0) is 24.6 Å². The number of anilines is 1. The van der Waals surface area contributed by atoms with E-state index in [1.807, 2.05) is 6.92 Å². The normalized spacial score (nSPS) is 28.4. The van der Waals surface area contributed by atoms with Gasteiger partial charge < -0.3 is 25.8 Å². The maximum absolute atomic E-state index is 14.7. The Morgan fingerprint density at radius 1 is 1.48 bits per heavy atom. The summed E-state index contributed by atoms with van der Waals surface area (Å²) in [5, 5.41) is 12.3. The van der Waals surface area contributed by atoms with E-state index in [4.69, 9.17) is 10.5 Å². The maximum atomic E-state index is 14.7. The lowest BCUT2D eigenvalue weighted by Crippen LogP contribution is -2.49. The number of hydrogen-bond donors (Lipinski definition) is 3. The number of carbonyl (C=O) groups excluding carboxylic acids is 2. The van der Waals surface area contributed by atoms with Gasteiger partial charge in [0.1, 0.15) is 17.3 Å². The first-order valence-corrected chi connectivity index (χ1v) is 8.21. The molecule has 1 aromatic carbocycles. The van der Waals surface area contributed by atoms with Crippen LogP contribution in [0.25, 0.3) is 0 Å². The van der Waals surface area contributed by atoms with Gasteiger partial charge >= 0.3 is 6.09 Å². The van der Waals surface area contributed by atoms with Crippen LogP contribution in [0.2, 0.25) is 0 Å². The number of aliphatic hydroxyl groups excluding tert-OH is 1. The van der Waals surface area contributed by atoms with Crippen LogP contribution < -0.4 is 16.0 Å². The Balaban J connectivity index is 1.93. The van der Waals surface area contributed by atoms with E-state index in [1.165, 1.54) is 13.0 Å². The van der Waals surface area contributed by atoms with E-state index in [0.29, 0.717) is 24.3 Å². The number of carbonyl (C=O) groups is 2. The number of aliphatic hydroxyl groups is 1. The molecule has 2 saturated heterocycles. The van der Waals surface area contributed by atoms with Crippen molar-refractivity contribution in [3.05, 3.63) is 29.6 Å². The quantitative estimate of drug-likeness (QED) is 0.732.